The third-order valence-electron chi connectivity index (χ3n) is 8.38. The zero-order chi connectivity index (χ0) is 24.4. The van der Waals surface area contributed by atoms with Gasteiger partial charge in [-0.15, -0.1) is 0 Å². The van der Waals surface area contributed by atoms with Crippen molar-refractivity contribution in [2.24, 2.45) is 5.41 Å². The lowest BCUT2D eigenvalue weighted by molar-refractivity contribution is 0.0221. The Morgan fingerprint density at radius 1 is 1.25 bits per heavy atom. The van der Waals surface area contributed by atoms with Crippen LogP contribution in [0, 0.1) is 5.41 Å². The molecule has 190 valence electrons. The van der Waals surface area contributed by atoms with Crippen LogP contribution in [0.1, 0.15) is 60.6 Å². The summed E-state index contributed by atoms with van der Waals surface area (Å²) in [5.41, 5.74) is 0.519. The molecule has 10 nitrogen and oxygen atoms in total. The van der Waals surface area contributed by atoms with Crippen molar-refractivity contribution < 1.29 is 18.3 Å². The van der Waals surface area contributed by atoms with Gasteiger partial charge < -0.3 is 20.3 Å². The number of fused-ring (bicyclic) bond motifs is 3. The zero-order valence-corrected chi connectivity index (χ0v) is 19.7. The number of hydrogen-bond acceptors (Lipinski definition) is 7. The second-order valence-electron chi connectivity index (χ2n) is 10.6. The molecular formula is C24H28F2N8O2. The van der Waals surface area contributed by atoms with Gasteiger partial charge in [0.1, 0.15) is 11.4 Å². The lowest BCUT2D eigenvalue weighted by Gasteiger charge is -2.50. The third-order valence-corrected chi connectivity index (χ3v) is 8.38. The number of carbonyl (C=O) groups excluding carboxylic acids is 1. The van der Waals surface area contributed by atoms with Crippen LogP contribution in [0.2, 0.25) is 0 Å². The zero-order valence-electron chi connectivity index (χ0n) is 19.7. The number of alkyl halides is 2. The van der Waals surface area contributed by atoms with Crippen molar-refractivity contribution in [2.75, 3.05) is 36.5 Å². The van der Waals surface area contributed by atoms with E-state index >= 15 is 0 Å². The van der Waals surface area contributed by atoms with Gasteiger partial charge in [0.05, 0.1) is 36.7 Å². The normalized spacial score (nSPS) is 25.2. The Bertz CT molecular complexity index is 1310. The van der Waals surface area contributed by atoms with Gasteiger partial charge in [0, 0.05) is 18.9 Å². The number of piperidine rings is 1. The highest BCUT2D eigenvalue weighted by Gasteiger charge is 2.46. The lowest BCUT2D eigenvalue weighted by Crippen LogP contribution is -2.46. The summed E-state index contributed by atoms with van der Waals surface area (Å²) in [4.78, 5) is 20.1. The molecule has 12 heteroatoms. The molecule has 2 bridgehead atoms. The van der Waals surface area contributed by atoms with Crippen molar-refractivity contribution >= 4 is 23.1 Å². The molecular weight excluding hydrogens is 470 g/mol. The van der Waals surface area contributed by atoms with Crippen molar-refractivity contribution in [3.05, 3.63) is 35.9 Å². The van der Waals surface area contributed by atoms with Gasteiger partial charge in [-0.25, -0.2) is 18.3 Å². The molecule has 0 radical (unpaired) electrons. The summed E-state index contributed by atoms with van der Waals surface area (Å²) < 4.78 is 36.5. The number of hydrogen-bond donors (Lipinski definition) is 2. The highest BCUT2D eigenvalue weighted by Crippen LogP contribution is 2.54. The molecule has 3 aromatic rings. The van der Waals surface area contributed by atoms with Gasteiger partial charge in [0.2, 0.25) is 0 Å². The number of nitrogens with zero attached hydrogens (tertiary/aromatic N) is 6. The van der Waals surface area contributed by atoms with Crippen LogP contribution in [-0.2, 0) is 4.74 Å². The van der Waals surface area contributed by atoms with Crippen LogP contribution in [0.3, 0.4) is 0 Å². The summed E-state index contributed by atoms with van der Waals surface area (Å²) in [5, 5.41) is 14.4. The van der Waals surface area contributed by atoms with E-state index in [-0.39, 0.29) is 34.9 Å². The Morgan fingerprint density at radius 3 is 2.81 bits per heavy atom. The minimum absolute atomic E-state index is 0.0331. The van der Waals surface area contributed by atoms with Crippen molar-refractivity contribution in [1.82, 2.24) is 29.7 Å². The largest absolute Gasteiger partial charge is 0.374 e. The van der Waals surface area contributed by atoms with Crippen LogP contribution in [0.5, 0.6) is 0 Å². The summed E-state index contributed by atoms with van der Waals surface area (Å²) in [7, 11) is 0. The number of morpholine rings is 1. The molecule has 3 aromatic heterocycles. The van der Waals surface area contributed by atoms with Crippen LogP contribution < -0.4 is 15.5 Å². The molecule has 4 aliphatic rings. The number of ether oxygens (including phenoxy) is 1. The lowest BCUT2D eigenvalue weighted by atomic mass is 9.60. The third kappa shape index (κ3) is 3.57. The van der Waals surface area contributed by atoms with Gasteiger partial charge in [0.25, 0.3) is 12.3 Å². The fourth-order valence-corrected chi connectivity index (χ4v) is 6.39. The number of carbonyl (C=O) groups is 1. The quantitative estimate of drug-likeness (QED) is 0.558. The number of rotatable bonds is 5. The monoisotopic (exact) mass is 498 g/mol. The molecule has 36 heavy (non-hydrogen) atoms. The maximum Gasteiger partial charge on any atom is 0.284 e. The van der Waals surface area contributed by atoms with Crippen LogP contribution in [0.15, 0.2) is 24.7 Å². The van der Waals surface area contributed by atoms with Crippen LogP contribution in [0.4, 0.5) is 20.3 Å². The van der Waals surface area contributed by atoms with E-state index in [4.69, 9.17) is 9.72 Å². The van der Waals surface area contributed by atoms with E-state index in [0.717, 1.165) is 57.6 Å². The standard InChI is InChI=1S/C24H28F2N8O2/c25-21(26)20-18(12-34(31-20)15-8-24(9-15)2-4-27-5-3-24)29-23(35)17-10-28-33-6-1-19(30-22(17)33)32-11-16-7-14(32)13-36-16/h1,6,10,12,14-16,21,27H,2-5,7-9,11,13H2,(H,29,35)/t14-,16-/m1/s1. The van der Waals surface area contributed by atoms with E-state index in [2.05, 4.69) is 25.7 Å². The SMILES string of the molecule is O=C(Nc1cn(C2CC3(CCNCC3)C2)nc1C(F)F)c1cnn2ccc(N3C[C@H]4C[C@@H]3CO4)nc12. The molecule has 1 spiro atoms. The van der Waals surface area contributed by atoms with Crippen molar-refractivity contribution in [2.45, 2.75) is 56.7 Å². The molecule has 2 N–H and O–H groups in total. The number of nitrogens with one attached hydrogen (secondary N) is 2. The minimum atomic E-state index is -2.80. The average Bonchev–Trinajstić information content (AvgIpc) is 3.65. The minimum Gasteiger partial charge on any atom is -0.374 e. The molecule has 4 fully saturated rings. The molecule has 0 unspecified atom stereocenters. The first-order valence-corrected chi connectivity index (χ1v) is 12.6. The molecule has 0 aromatic carbocycles. The van der Waals surface area contributed by atoms with Gasteiger partial charge in [0.15, 0.2) is 11.3 Å². The van der Waals surface area contributed by atoms with Crippen molar-refractivity contribution in [3.8, 4) is 0 Å². The van der Waals surface area contributed by atoms with Gasteiger partial charge >= 0.3 is 0 Å². The smallest absolute Gasteiger partial charge is 0.284 e. The predicted octanol–water partition coefficient (Wildman–Crippen LogP) is 2.80. The number of aromatic nitrogens is 5. The first kappa shape index (κ1) is 22.1. The van der Waals surface area contributed by atoms with Gasteiger partial charge in [-0.05, 0) is 56.7 Å². The second kappa shape index (κ2) is 8.20. The van der Waals surface area contributed by atoms with Gasteiger partial charge in [-0.3, -0.25) is 9.48 Å². The summed E-state index contributed by atoms with van der Waals surface area (Å²) >= 11 is 0. The van der Waals surface area contributed by atoms with Crippen LogP contribution in [-0.4, -0.2) is 68.7 Å². The van der Waals surface area contributed by atoms with Gasteiger partial charge in [-0.1, -0.05) is 0 Å². The fourth-order valence-electron chi connectivity index (χ4n) is 6.39. The summed E-state index contributed by atoms with van der Waals surface area (Å²) in [6.45, 7) is 3.43. The first-order valence-electron chi connectivity index (χ1n) is 12.6. The van der Waals surface area contributed by atoms with Crippen molar-refractivity contribution in [1.29, 1.82) is 0 Å². The fraction of sp³-hybridized carbons (Fsp3) is 0.583. The van der Waals surface area contributed by atoms with E-state index in [9.17, 15) is 13.6 Å². The molecule has 6 heterocycles. The Kier molecular flexibility index (Phi) is 5.04. The maximum absolute atomic E-state index is 13.8. The summed E-state index contributed by atoms with van der Waals surface area (Å²) in [6, 6.07) is 2.22. The Hall–Kier alpha value is -3.12. The number of halogens is 2. The topological polar surface area (TPSA) is 102 Å². The highest BCUT2D eigenvalue weighted by atomic mass is 19.3. The maximum atomic E-state index is 13.8. The molecule has 1 saturated carbocycles. The van der Waals surface area contributed by atoms with E-state index in [1.54, 1.807) is 17.1 Å². The Labute approximate surface area is 206 Å². The number of anilines is 2. The molecule has 7 rings (SSSR count). The van der Waals surface area contributed by atoms with E-state index in [0.29, 0.717) is 12.3 Å². The Balaban J connectivity index is 1.12. The molecule has 2 atom stereocenters. The van der Waals surface area contributed by atoms with Crippen LogP contribution >= 0.6 is 0 Å². The van der Waals surface area contributed by atoms with Crippen LogP contribution in [0.25, 0.3) is 5.65 Å². The van der Waals surface area contributed by atoms with E-state index in [1.807, 2.05) is 6.07 Å². The van der Waals surface area contributed by atoms with Crippen molar-refractivity contribution in [3.63, 3.8) is 0 Å². The second-order valence-corrected chi connectivity index (χ2v) is 10.6. The number of amides is 1. The predicted molar refractivity (Wildman–Crippen MR) is 126 cm³/mol. The summed E-state index contributed by atoms with van der Waals surface area (Å²) in [5.74, 6) is 0.219. The highest BCUT2D eigenvalue weighted by molar-refractivity contribution is 6.08. The Morgan fingerprint density at radius 2 is 2.08 bits per heavy atom. The van der Waals surface area contributed by atoms with E-state index in [1.165, 1.54) is 10.7 Å². The average molecular weight is 499 g/mol. The molecule has 3 saturated heterocycles. The first-order chi connectivity index (χ1) is 17.5. The molecule has 1 amide bonds. The summed E-state index contributed by atoms with van der Waals surface area (Å²) in [6.07, 6.45) is 7.17. The van der Waals surface area contributed by atoms with E-state index < -0.39 is 18.0 Å². The van der Waals surface area contributed by atoms with Gasteiger partial charge in [-0.2, -0.15) is 10.2 Å². The molecule has 3 aliphatic heterocycles. The molecule has 1 aliphatic carbocycles.